The second-order valence-electron chi connectivity index (χ2n) is 6.12. The Morgan fingerprint density at radius 2 is 1.96 bits per heavy atom. The lowest BCUT2D eigenvalue weighted by atomic mass is 10.1. The summed E-state index contributed by atoms with van der Waals surface area (Å²) in [5.74, 6) is -1.04. The highest BCUT2D eigenvalue weighted by molar-refractivity contribution is 7.97. The molecule has 9 nitrogen and oxygen atoms in total. The Labute approximate surface area is 162 Å². The molecule has 0 saturated heterocycles. The zero-order valence-electron chi connectivity index (χ0n) is 15.5. The Balaban J connectivity index is 2.04. The second kappa shape index (κ2) is 7.49. The number of fused-ring (bicyclic) bond motifs is 1. The first-order chi connectivity index (χ1) is 13.2. The number of methoxy groups -OCH3 is 1. The van der Waals surface area contributed by atoms with Gasteiger partial charge in [0.25, 0.3) is 5.91 Å². The van der Waals surface area contributed by atoms with Gasteiger partial charge in [-0.25, -0.2) is 4.98 Å². The first-order valence-corrected chi connectivity index (χ1v) is 10.1. The number of carbonyl (C=O) groups excluding carboxylic acids is 2. The molecule has 0 aliphatic carbocycles. The number of nitrogens with one attached hydrogen (secondary N) is 1. The summed E-state index contributed by atoms with van der Waals surface area (Å²) in [6.07, 6.45) is 2.65. The van der Waals surface area contributed by atoms with Gasteiger partial charge in [0.15, 0.2) is 10.5 Å². The SMILES string of the molecule is COC(=O)CNC(=O)c1cc(-c2ccc([S+](C)(=O)[O-])cc2)nc2c1cnn2C. The highest BCUT2D eigenvalue weighted by atomic mass is 32.3. The molecule has 1 atom stereocenters. The maximum Gasteiger partial charge on any atom is 0.325 e. The van der Waals surface area contributed by atoms with Crippen LogP contribution in [-0.2, 0) is 31.0 Å². The van der Waals surface area contributed by atoms with Gasteiger partial charge >= 0.3 is 5.97 Å². The molecule has 3 aromatic rings. The Kier molecular flexibility index (Phi) is 5.25. The Bertz CT molecular complexity index is 1100. The largest absolute Gasteiger partial charge is 0.610 e. The predicted octanol–water partition coefficient (Wildman–Crippen LogP) is 1.16. The number of benzene rings is 1. The van der Waals surface area contributed by atoms with Crippen LogP contribution in [0.25, 0.3) is 22.3 Å². The molecule has 2 heterocycles. The van der Waals surface area contributed by atoms with E-state index in [1.807, 2.05) is 0 Å². The number of hydrogen-bond donors (Lipinski definition) is 1. The lowest BCUT2D eigenvalue weighted by Gasteiger charge is -2.10. The van der Waals surface area contributed by atoms with Gasteiger partial charge in [-0.15, -0.1) is 4.21 Å². The summed E-state index contributed by atoms with van der Waals surface area (Å²) in [6, 6.07) is 7.79. The van der Waals surface area contributed by atoms with Gasteiger partial charge in [-0.1, -0.05) is 0 Å². The van der Waals surface area contributed by atoms with Crippen molar-refractivity contribution in [1.29, 1.82) is 0 Å². The van der Waals surface area contributed by atoms with E-state index in [4.69, 9.17) is 0 Å². The fraction of sp³-hybridized carbons (Fsp3) is 0.222. The van der Waals surface area contributed by atoms with E-state index in [0.717, 1.165) is 6.26 Å². The van der Waals surface area contributed by atoms with Crippen LogP contribution in [0, 0.1) is 0 Å². The second-order valence-corrected chi connectivity index (χ2v) is 8.13. The number of aromatic nitrogens is 3. The van der Waals surface area contributed by atoms with E-state index in [1.165, 1.54) is 30.1 Å². The average Bonchev–Trinajstić information content (AvgIpc) is 3.05. The first kappa shape index (κ1) is 19.6. The highest BCUT2D eigenvalue weighted by Crippen LogP contribution is 2.26. The van der Waals surface area contributed by atoms with Gasteiger partial charge in [0, 0.05) is 12.6 Å². The molecule has 28 heavy (non-hydrogen) atoms. The number of esters is 1. The maximum atomic E-state index is 12.6. The molecule has 146 valence electrons. The number of sulfone groups is 1. The van der Waals surface area contributed by atoms with Crippen LogP contribution >= 0.6 is 0 Å². The van der Waals surface area contributed by atoms with Crippen LogP contribution in [0.3, 0.4) is 0 Å². The van der Waals surface area contributed by atoms with Crippen molar-refractivity contribution in [3.8, 4) is 11.3 Å². The third-order valence-corrected chi connectivity index (χ3v) is 5.28. The van der Waals surface area contributed by atoms with Crippen LogP contribution < -0.4 is 5.32 Å². The molecule has 0 saturated carbocycles. The van der Waals surface area contributed by atoms with Crippen molar-refractivity contribution in [2.75, 3.05) is 19.9 Å². The molecule has 1 amide bonds. The van der Waals surface area contributed by atoms with Crippen LogP contribution in [0.4, 0.5) is 0 Å². The smallest absolute Gasteiger partial charge is 0.325 e. The number of carbonyl (C=O) groups is 2. The van der Waals surface area contributed by atoms with Crippen LogP contribution in [-0.4, -0.2) is 51.1 Å². The van der Waals surface area contributed by atoms with Gasteiger partial charge in [0.1, 0.15) is 12.8 Å². The highest BCUT2D eigenvalue weighted by Gasteiger charge is 2.18. The predicted molar refractivity (Wildman–Crippen MR) is 101 cm³/mol. The van der Waals surface area contributed by atoms with Crippen molar-refractivity contribution in [3.63, 3.8) is 0 Å². The third kappa shape index (κ3) is 3.92. The van der Waals surface area contributed by atoms with Crippen molar-refractivity contribution in [2.45, 2.75) is 4.90 Å². The quantitative estimate of drug-likeness (QED) is 0.501. The minimum absolute atomic E-state index is 0.189. The summed E-state index contributed by atoms with van der Waals surface area (Å²) in [5.41, 5.74) is 1.88. The average molecular weight is 402 g/mol. The molecule has 0 spiro atoms. The van der Waals surface area contributed by atoms with E-state index < -0.39 is 22.1 Å². The lowest BCUT2D eigenvalue weighted by Crippen LogP contribution is -2.30. The van der Waals surface area contributed by atoms with Gasteiger partial charge in [0.2, 0.25) is 0 Å². The summed E-state index contributed by atoms with van der Waals surface area (Å²) < 4.78 is 29.3. The molecule has 3 rings (SSSR count). The molecular formula is C18H18N4O5S. The zero-order valence-corrected chi connectivity index (χ0v) is 16.3. The van der Waals surface area contributed by atoms with Crippen LogP contribution in [0.1, 0.15) is 10.4 Å². The van der Waals surface area contributed by atoms with Gasteiger partial charge in [0.05, 0.1) is 40.2 Å². The monoisotopic (exact) mass is 402 g/mol. The molecule has 0 bridgehead atoms. The van der Waals surface area contributed by atoms with Gasteiger partial charge in [-0.3, -0.25) is 14.3 Å². The topological polar surface area (TPSA) is 126 Å². The molecule has 1 aromatic carbocycles. The molecule has 0 radical (unpaired) electrons. The minimum Gasteiger partial charge on any atom is -0.610 e. The molecular weight excluding hydrogens is 384 g/mol. The first-order valence-electron chi connectivity index (χ1n) is 8.19. The number of nitrogens with zero attached hydrogens (tertiary/aromatic N) is 3. The van der Waals surface area contributed by atoms with Crippen molar-refractivity contribution in [2.24, 2.45) is 7.05 Å². The van der Waals surface area contributed by atoms with Crippen LogP contribution in [0.2, 0.25) is 0 Å². The minimum atomic E-state index is -3.32. The third-order valence-electron chi connectivity index (χ3n) is 4.15. The van der Waals surface area contributed by atoms with Crippen molar-refractivity contribution < 1.29 is 23.1 Å². The number of amides is 1. The van der Waals surface area contributed by atoms with Gasteiger partial charge in [-0.05, 0) is 30.3 Å². The molecule has 0 aliphatic rings. The van der Waals surface area contributed by atoms with E-state index in [9.17, 15) is 18.4 Å². The Morgan fingerprint density at radius 3 is 2.57 bits per heavy atom. The van der Waals surface area contributed by atoms with E-state index in [0.29, 0.717) is 27.9 Å². The van der Waals surface area contributed by atoms with Crippen LogP contribution in [0.5, 0.6) is 0 Å². The molecule has 0 fully saturated rings. The van der Waals surface area contributed by atoms with E-state index in [1.54, 1.807) is 25.2 Å². The van der Waals surface area contributed by atoms with E-state index in [-0.39, 0.29) is 11.4 Å². The standard InChI is InChI=1S/C18H18N4O5S/c1-22-17-14(9-20-22)13(18(24)19-10-16(23)27-2)8-15(21-17)11-4-6-12(7-5-11)28(3,25)26/h4-9H,10H2,1-3H3,(H-,19,24,25,26). The number of rotatable bonds is 5. The molecule has 1 N–H and O–H groups in total. The van der Waals surface area contributed by atoms with Crippen molar-refractivity contribution in [3.05, 3.63) is 42.1 Å². The number of hydrogen-bond acceptors (Lipinski definition) is 7. The molecule has 0 aliphatic heterocycles. The fourth-order valence-electron chi connectivity index (χ4n) is 2.64. The molecule has 2 aromatic heterocycles. The van der Waals surface area contributed by atoms with Crippen LogP contribution in [0.15, 0.2) is 41.4 Å². The number of aryl methyl sites for hydroxylation is 1. The Morgan fingerprint density at radius 1 is 1.29 bits per heavy atom. The number of ether oxygens (including phenoxy) is 1. The summed E-state index contributed by atoms with van der Waals surface area (Å²) in [4.78, 5) is 28.6. The Hall–Kier alpha value is -3.11. The molecule has 1 unspecified atom stereocenters. The summed E-state index contributed by atoms with van der Waals surface area (Å²) >= 11 is 0. The summed E-state index contributed by atoms with van der Waals surface area (Å²) in [5, 5.41) is 7.16. The van der Waals surface area contributed by atoms with Crippen molar-refractivity contribution >= 4 is 33.1 Å². The number of pyridine rings is 1. The van der Waals surface area contributed by atoms with Gasteiger partial charge < -0.3 is 14.6 Å². The molecule has 10 heteroatoms. The maximum absolute atomic E-state index is 12.6. The summed E-state index contributed by atoms with van der Waals surface area (Å²) in [7, 11) is -0.385. The van der Waals surface area contributed by atoms with E-state index >= 15 is 0 Å². The van der Waals surface area contributed by atoms with Crippen molar-refractivity contribution in [1.82, 2.24) is 20.1 Å². The summed E-state index contributed by atoms with van der Waals surface area (Å²) in [6.45, 7) is -0.266. The van der Waals surface area contributed by atoms with E-state index in [2.05, 4.69) is 20.1 Å². The lowest BCUT2D eigenvalue weighted by molar-refractivity contribution is -0.139. The fourth-order valence-corrected chi connectivity index (χ4v) is 3.27. The van der Waals surface area contributed by atoms with Gasteiger partial charge in [-0.2, -0.15) is 5.10 Å². The normalized spacial score (nSPS) is 13.1. The zero-order chi connectivity index (χ0) is 20.5.